The zero-order valence-electron chi connectivity index (χ0n) is 79.5. The van der Waals surface area contributed by atoms with Gasteiger partial charge in [0.1, 0.15) is 0 Å². The van der Waals surface area contributed by atoms with Crippen LogP contribution in [0.3, 0.4) is 0 Å². The van der Waals surface area contributed by atoms with Gasteiger partial charge in [0, 0.05) is 17.3 Å². The lowest BCUT2D eigenvalue weighted by Crippen LogP contribution is -2.67. The first-order valence-corrected chi connectivity index (χ1v) is 64.5. The molecular weight excluding hydrogens is 2550 g/mol. The average molecular weight is 2710 g/mol. The highest BCUT2D eigenvalue weighted by atomic mass is 79.9. The van der Waals surface area contributed by atoms with Crippen LogP contribution in [0.15, 0.2) is 364 Å². The summed E-state index contributed by atoms with van der Waals surface area (Å²) in [7, 11) is 0. The molecule has 16 fully saturated rings. The first-order chi connectivity index (χ1) is 65.2. The van der Waals surface area contributed by atoms with Crippen molar-refractivity contribution in [3.8, 4) is 0 Å². The Bertz CT molecular complexity index is 4180. The SMILES string of the molecule is BrC12CC3(Br)CC(Br)(C1)CC(Br)(C2)C3.C.C.C.C.C.CBr.CBr.CBr.CBr.CBr.CBr.CBr.CBr.CBr.c1ccc(C23CC4(c5ccccc5)CC(c5ccccc5)(C2)CC(c2ccccc2)(C3)C4)cc1.c1ccc(C23CC4(c5ccccc5)CC(c5ccccc5)(C2)CC(c2ccccc2)(C3)C4)cc1.c1ccc(C23CC4(c5ccccc5)CC(c5ccccc5)(C2)CC(c2ccccc2)(C3)C4)cc1. The van der Waals surface area contributed by atoms with E-state index < -0.39 is 0 Å². The Balaban J connectivity index is 0.000000242. The van der Waals surface area contributed by atoms with Gasteiger partial charge < -0.3 is 0 Å². The standard InChI is InChI=1S/3C34H32.C10H12Br4.9CH3Br.5CH4/c3*1-5-13-27(14-6-1)31-21-32(28-15-7-2-8-16-28)24-33(22-31,29-17-9-3-10-18-29)26-34(23-31,25-32)30-19-11-4-12-20-30;11-7-1-8(12)4-9(13,2-7)6-10(14,3-7)5-8;9*1-2;;;;;/h3*1-20H,21-26H2;1-6H2;9*1H3;5*1H4. The number of halogens is 13. The summed E-state index contributed by atoms with van der Waals surface area (Å²) in [6.07, 6.45) is 30.4. The van der Waals surface area contributed by atoms with Gasteiger partial charge in [-0.2, -0.15) is 0 Å². The molecular formula is C126H155Br13. The molecule has 0 spiro atoms. The van der Waals surface area contributed by atoms with Crippen molar-refractivity contribution in [2.24, 2.45) is 0 Å². The van der Waals surface area contributed by atoms with E-state index in [0.29, 0.717) is 17.3 Å². The average Bonchev–Trinajstić information content (AvgIpc) is 0.672. The van der Waals surface area contributed by atoms with E-state index in [1.807, 2.05) is 52.5 Å². The van der Waals surface area contributed by atoms with Crippen LogP contribution < -0.4 is 0 Å². The molecule has 16 aliphatic carbocycles. The van der Waals surface area contributed by atoms with Crippen LogP contribution >= 0.6 is 207 Å². The maximum absolute atomic E-state index is 3.97. The number of hydrogen-bond donors (Lipinski definition) is 0. The van der Waals surface area contributed by atoms with Crippen molar-refractivity contribution in [2.75, 3.05) is 52.5 Å². The Kier molecular flexibility index (Phi) is 47.1. The molecule has 0 aromatic heterocycles. The van der Waals surface area contributed by atoms with Gasteiger partial charge in [-0.25, -0.2) is 0 Å². The quantitative estimate of drug-likeness (QED) is 0.107. The molecule has 28 rings (SSSR count). The Morgan fingerprint density at radius 3 is 0.223 bits per heavy atom. The van der Waals surface area contributed by atoms with Gasteiger partial charge in [0.15, 0.2) is 0 Å². The zero-order valence-corrected chi connectivity index (χ0v) is 100. The van der Waals surface area contributed by atoms with Crippen molar-refractivity contribution in [1.82, 2.24) is 0 Å². The molecule has 0 unspecified atom stereocenters. The fourth-order valence-corrected chi connectivity index (χ4v) is 39.9. The van der Waals surface area contributed by atoms with E-state index in [1.54, 1.807) is 66.8 Å². The number of alkyl halides is 13. The third kappa shape index (κ3) is 25.0. The summed E-state index contributed by atoms with van der Waals surface area (Å²) in [6, 6.07) is 138. The van der Waals surface area contributed by atoms with Crippen LogP contribution in [-0.2, 0) is 65.0 Å². The topological polar surface area (TPSA) is 0 Å². The van der Waals surface area contributed by atoms with E-state index in [4.69, 9.17) is 0 Å². The van der Waals surface area contributed by atoms with Crippen molar-refractivity contribution in [1.29, 1.82) is 0 Å². The summed E-state index contributed by atoms with van der Waals surface area (Å²) in [5, 5.41) is 0. The summed E-state index contributed by atoms with van der Waals surface area (Å²) in [4.78, 5) is 0. The fraction of sp³-hybridized carbons (Fsp3) is 0.429. The molecule has 16 bridgehead atoms. The van der Waals surface area contributed by atoms with Crippen LogP contribution in [0.4, 0.5) is 0 Å². The van der Waals surface area contributed by atoms with Gasteiger partial charge in [-0.1, -0.05) is 608 Å². The Morgan fingerprint density at radius 2 is 0.165 bits per heavy atom. The Morgan fingerprint density at radius 1 is 0.108 bits per heavy atom. The molecule has 0 aliphatic heterocycles. The predicted molar refractivity (Wildman–Crippen MR) is 662 cm³/mol. The summed E-state index contributed by atoms with van der Waals surface area (Å²) in [6.45, 7) is 0. The minimum atomic E-state index is 0. The lowest BCUT2D eigenvalue weighted by atomic mass is 9.32. The third-order valence-corrected chi connectivity index (χ3v) is 36.0. The molecule has 0 amide bonds. The molecule has 0 N–H and O–H groups in total. The van der Waals surface area contributed by atoms with Crippen LogP contribution in [0.2, 0.25) is 0 Å². The molecule has 0 radical (unpaired) electrons. The zero-order chi connectivity index (χ0) is 96.3. The highest BCUT2D eigenvalue weighted by Gasteiger charge is 2.74. The van der Waals surface area contributed by atoms with Crippen LogP contribution in [0, 0.1) is 0 Å². The molecule has 0 atom stereocenters. The summed E-state index contributed by atoms with van der Waals surface area (Å²) >= 11 is 42.3. The summed E-state index contributed by atoms with van der Waals surface area (Å²) < 4.78 is 1.44. The molecule has 0 heterocycles. The minimum absolute atomic E-state index is 0. The molecule has 13 heteroatoms. The van der Waals surface area contributed by atoms with Gasteiger partial charge in [0.2, 0.25) is 0 Å². The van der Waals surface area contributed by atoms with Gasteiger partial charge in [-0.15, -0.1) is 0 Å². The molecule has 750 valence electrons. The largest absolute Gasteiger partial charge is 0.0966 e. The van der Waals surface area contributed by atoms with Crippen molar-refractivity contribution in [2.45, 2.75) is 274 Å². The Hall–Kier alpha value is -3.12. The highest BCUT2D eigenvalue weighted by Crippen LogP contribution is 2.79. The minimum Gasteiger partial charge on any atom is -0.0966 e. The smallest absolute Gasteiger partial charge is 0.0298 e. The maximum Gasteiger partial charge on any atom is 0.0298 e. The first kappa shape index (κ1) is 123. The van der Waals surface area contributed by atoms with Crippen molar-refractivity contribution < 1.29 is 0 Å². The van der Waals surface area contributed by atoms with Gasteiger partial charge in [0.25, 0.3) is 0 Å². The Labute approximate surface area is 952 Å². The first-order valence-electron chi connectivity index (χ1n) is 47.1. The van der Waals surface area contributed by atoms with E-state index in [0.717, 1.165) is 0 Å². The van der Waals surface area contributed by atoms with Crippen LogP contribution in [0.1, 0.15) is 258 Å². The van der Waals surface area contributed by atoms with Crippen LogP contribution in [-0.4, -0.2) is 69.8 Å². The normalized spacial score (nSPS) is 31.7. The second kappa shape index (κ2) is 53.3. The summed E-state index contributed by atoms with van der Waals surface area (Å²) in [5.41, 5.74) is 20.9. The van der Waals surface area contributed by atoms with Crippen molar-refractivity contribution in [3.63, 3.8) is 0 Å². The molecule has 12 aromatic rings. The van der Waals surface area contributed by atoms with E-state index in [1.165, 1.54) is 154 Å². The van der Waals surface area contributed by atoms with E-state index in [-0.39, 0.29) is 102 Å². The molecule has 139 heavy (non-hydrogen) atoms. The molecule has 12 aromatic carbocycles. The highest BCUT2D eigenvalue weighted by molar-refractivity contribution is 9.12. The number of hydrogen-bond acceptors (Lipinski definition) is 0. The van der Waals surface area contributed by atoms with Crippen LogP contribution in [0.25, 0.3) is 0 Å². The number of benzene rings is 12. The number of rotatable bonds is 12. The predicted octanol–water partition coefficient (Wildman–Crippen LogP) is 41.5. The monoisotopic (exact) mass is 2690 g/mol. The van der Waals surface area contributed by atoms with E-state index >= 15 is 0 Å². The molecule has 16 saturated carbocycles. The molecule has 16 aliphatic rings. The summed E-state index contributed by atoms with van der Waals surface area (Å²) in [5.74, 6) is 16.3. The van der Waals surface area contributed by atoms with E-state index in [2.05, 4.69) is 571 Å². The fourth-order valence-electron chi connectivity index (χ4n) is 31.2. The van der Waals surface area contributed by atoms with Gasteiger partial charge in [-0.3, -0.25) is 0 Å². The second-order valence-corrected chi connectivity index (χ2v) is 47.3. The molecule has 0 nitrogen and oxygen atoms in total. The second-order valence-electron chi connectivity index (χ2n) is 40.6. The lowest BCUT2D eigenvalue weighted by Gasteiger charge is -2.71. The third-order valence-electron chi connectivity index (χ3n) is 32.6. The van der Waals surface area contributed by atoms with Crippen molar-refractivity contribution >= 4 is 207 Å². The lowest BCUT2D eigenvalue weighted by molar-refractivity contribution is -0.0694. The molecule has 0 saturated heterocycles. The van der Waals surface area contributed by atoms with Crippen molar-refractivity contribution in [3.05, 3.63) is 431 Å². The maximum atomic E-state index is 3.97. The van der Waals surface area contributed by atoms with E-state index in [9.17, 15) is 0 Å². The van der Waals surface area contributed by atoms with Gasteiger partial charge in [-0.05, 0) is 338 Å². The van der Waals surface area contributed by atoms with Gasteiger partial charge in [0.05, 0.1) is 0 Å². The van der Waals surface area contributed by atoms with Gasteiger partial charge >= 0.3 is 0 Å². The van der Waals surface area contributed by atoms with Crippen LogP contribution in [0.5, 0.6) is 0 Å².